The maximum atomic E-state index is 12.6. The molecule has 0 saturated heterocycles. The quantitative estimate of drug-likeness (QED) is 0.216. The third-order valence-corrected chi connectivity index (χ3v) is 5.79. The zero-order chi connectivity index (χ0) is 24.2. The van der Waals surface area contributed by atoms with E-state index >= 15 is 0 Å². The molecule has 0 N–H and O–H groups in total. The summed E-state index contributed by atoms with van der Waals surface area (Å²) in [4.78, 5) is 4.63. The van der Waals surface area contributed by atoms with Gasteiger partial charge in [0.1, 0.15) is 23.9 Å². The number of ether oxygens (including phenoxy) is 2. The number of nitrogens with zero attached hydrogens (tertiary/aromatic N) is 1. The van der Waals surface area contributed by atoms with E-state index in [0.717, 1.165) is 35.4 Å². The number of pyridine rings is 1. The molecule has 0 saturated carbocycles. The highest BCUT2D eigenvalue weighted by Crippen LogP contribution is 2.33. The first-order chi connectivity index (χ1) is 15.5. The van der Waals surface area contributed by atoms with Gasteiger partial charge in [-0.1, -0.05) is 25.5 Å². The Hall–Kier alpha value is -3.01. The van der Waals surface area contributed by atoms with Gasteiger partial charge in [0.2, 0.25) is 0 Å². The summed E-state index contributed by atoms with van der Waals surface area (Å²) in [5.74, 6) is 0.358. The van der Waals surface area contributed by atoms with E-state index in [1.807, 2.05) is 31.2 Å². The van der Waals surface area contributed by atoms with Gasteiger partial charge in [0, 0.05) is 17.0 Å². The molecule has 33 heavy (non-hydrogen) atoms. The number of rotatable bonds is 9. The van der Waals surface area contributed by atoms with Crippen molar-refractivity contribution in [1.29, 1.82) is 0 Å². The lowest BCUT2D eigenvalue weighted by Crippen LogP contribution is -2.28. The van der Waals surface area contributed by atoms with E-state index in [0.29, 0.717) is 23.6 Å². The molecule has 10 heteroatoms. The first-order valence-corrected chi connectivity index (χ1v) is 11.7. The highest BCUT2D eigenvalue weighted by Gasteiger charge is 2.48. The number of fused-ring (bicyclic) bond motifs is 1. The summed E-state index contributed by atoms with van der Waals surface area (Å²) in [7, 11) is -5.78. The Balaban J connectivity index is 1.87. The van der Waals surface area contributed by atoms with Crippen molar-refractivity contribution in [2.75, 3.05) is 6.61 Å². The van der Waals surface area contributed by atoms with Crippen molar-refractivity contribution in [2.45, 2.75) is 45.7 Å². The van der Waals surface area contributed by atoms with E-state index in [1.165, 1.54) is 6.07 Å². The van der Waals surface area contributed by atoms with Gasteiger partial charge in [0.25, 0.3) is 0 Å². The molecule has 2 aromatic carbocycles. The molecule has 0 atom stereocenters. The molecule has 0 amide bonds. The van der Waals surface area contributed by atoms with E-state index in [1.54, 1.807) is 13.0 Å². The third kappa shape index (κ3) is 5.87. The van der Waals surface area contributed by atoms with Gasteiger partial charge in [0.05, 0.1) is 17.8 Å². The minimum Gasteiger partial charge on any atom is -0.493 e. The van der Waals surface area contributed by atoms with Gasteiger partial charge in [-0.25, -0.2) is 4.98 Å². The van der Waals surface area contributed by atoms with Crippen LogP contribution >= 0.6 is 0 Å². The fourth-order valence-electron chi connectivity index (χ4n) is 3.14. The molecule has 0 unspecified atom stereocenters. The Morgan fingerprint density at radius 1 is 1.00 bits per heavy atom. The molecular weight excluding hydrogens is 459 g/mol. The van der Waals surface area contributed by atoms with Crippen LogP contribution in [0, 0.1) is 13.8 Å². The summed E-state index contributed by atoms with van der Waals surface area (Å²) >= 11 is 0. The zero-order valence-corrected chi connectivity index (χ0v) is 19.2. The maximum Gasteiger partial charge on any atom is 0.534 e. The average molecular weight is 484 g/mol. The van der Waals surface area contributed by atoms with Crippen LogP contribution in [0.25, 0.3) is 10.9 Å². The predicted molar refractivity (Wildman–Crippen MR) is 118 cm³/mol. The first-order valence-electron chi connectivity index (χ1n) is 10.3. The minimum atomic E-state index is -5.78. The summed E-state index contributed by atoms with van der Waals surface area (Å²) in [5.41, 5.74) is -2.97. The molecule has 0 aliphatic carbocycles. The highest BCUT2D eigenvalue weighted by atomic mass is 32.2. The van der Waals surface area contributed by atoms with Crippen LogP contribution < -0.4 is 13.7 Å². The Labute approximate surface area is 190 Å². The van der Waals surface area contributed by atoms with Crippen molar-refractivity contribution in [1.82, 2.24) is 4.98 Å². The Kier molecular flexibility index (Phi) is 7.36. The highest BCUT2D eigenvalue weighted by molar-refractivity contribution is 7.88. The predicted octanol–water partition coefficient (Wildman–Crippen LogP) is 5.84. The standard InChI is InChI=1S/C23H24F3NO5S/c1-4-5-10-30-22-16(3)21(27-20-9-7-6-8-19(20)22)14-31-17-11-15(2)12-18(13-17)32-33(28,29)23(24,25)26/h6-9,11-13H,4-5,10,14H2,1-3H3. The molecular formula is C23H24F3NO5S. The first kappa shape index (κ1) is 24.6. The molecule has 0 aliphatic heterocycles. The molecule has 178 valence electrons. The van der Waals surface area contributed by atoms with Crippen LogP contribution in [0.2, 0.25) is 0 Å². The van der Waals surface area contributed by atoms with Gasteiger partial charge in [-0.05, 0) is 50.1 Å². The van der Waals surface area contributed by atoms with Crippen LogP contribution in [0.15, 0.2) is 42.5 Å². The Morgan fingerprint density at radius 3 is 2.39 bits per heavy atom. The smallest absolute Gasteiger partial charge is 0.493 e. The Morgan fingerprint density at radius 2 is 1.70 bits per heavy atom. The number of halogens is 3. The van der Waals surface area contributed by atoms with Crippen molar-refractivity contribution in [3.05, 3.63) is 59.3 Å². The second kappa shape index (κ2) is 9.86. The Bertz CT molecular complexity index is 1240. The number of para-hydroxylation sites is 1. The molecule has 0 fully saturated rings. The fourth-order valence-corrected chi connectivity index (χ4v) is 3.59. The van der Waals surface area contributed by atoms with Gasteiger partial charge < -0.3 is 13.7 Å². The second-order valence-corrected chi connectivity index (χ2v) is 9.02. The summed E-state index contributed by atoms with van der Waals surface area (Å²) in [5, 5.41) is 0.874. The van der Waals surface area contributed by atoms with Crippen molar-refractivity contribution in [3.63, 3.8) is 0 Å². The number of hydrogen-bond acceptors (Lipinski definition) is 6. The van der Waals surface area contributed by atoms with Crippen LogP contribution in [0.4, 0.5) is 13.2 Å². The average Bonchev–Trinajstić information content (AvgIpc) is 2.72. The SMILES string of the molecule is CCCCOc1c(C)c(COc2cc(C)cc(OS(=O)(=O)C(F)(F)F)c2)nc2ccccc12. The number of aromatic nitrogens is 1. The molecule has 0 radical (unpaired) electrons. The monoisotopic (exact) mass is 483 g/mol. The van der Waals surface area contributed by atoms with Gasteiger partial charge in [-0.2, -0.15) is 21.6 Å². The lowest BCUT2D eigenvalue weighted by Gasteiger charge is -2.16. The second-order valence-electron chi connectivity index (χ2n) is 7.49. The summed E-state index contributed by atoms with van der Waals surface area (Å²) in [6, 6.07) is 11.4. The largest absolute Gasteiger partial charge is 0.534 e. The fraction of sp³-hybridized carbons (Fsp3) is 0.348. The van der Waals surface area contributed by atoms with Crippen LogP contribution in [-0.2, 0) is 16.7 Å². The van der Waals surface area contributed by atoms with E-state index in [2.05, 4.69) is 16.1 Å². The zero-order valence-electron chi connectivity index (χ0n) is 18.4. The number of aryl methyl sites for hydroxylation is 1. The molecule has 1 aromatic heterocycles. The van der Waals surface area contributed by atoms with E-state index in [-0.39, 0.29) is 12.4 Å². The normalized spacial score (nSPS) is 12.1. The lowest BCUT2D eigenvalue weighted by molar-refractivity contribution is -0.0500. The van der Waals surface area contributed by atoms with E-state index in [4.69, 9.17) is 9.47 Å². The van der Waals surface area contributed by atoms with E-state index < -0.39 is 21.4 Å². The minimum absolute atomic E-state index is 0.00425. The molecule has 3 rings (SSSR count). The molecule has 0 aliphatic rings. The summed E-state index contributed by atoms with van der Waals surface area (Å²) in [6.07, 6.45) is 1.88. The topological polar surface area (TPSA) is 74.7 Å². The van der Waals surface area contributed by atoms with Crippen molar-refractivity contribution < 1.29 is 35.2 Å². The third-order valence-electron chi connectivity index (χ3n) is 4.81. The number of alkyl halides is 3. The summed E-state index contributed by atoms with van der Waals surface area (Å²) < 4.78 is 76.6. The number of hydrogen-bond donors (Lipinski definition) is 0. The van der Waals surface area contributed by atoms with Gasteiger partial charge in [0.15, 0.2) is 0 Å². The van der Waals surface area contributed by atoms with Crippen LogP contribution in [0.3, 0.4) is 0 Å². The molecule has 0 spiro atoms. The molecule has 6 nitrogen and oxygen atoms in total. The van der Waals surface area contributed by atoms with Crippen molar-refractivity contribution in [2.24, 2.45) is 0 Å². The summed E-state index contributed by atoms with van der Waals surface area (Å²) in [6.45, 7) is 6.06. The van der Waals surface area contributed by atoms with Crippen molar-refractivity contribution in [3.8, 4) is 17.2 Å². The van der Waals surface area contributed by atoms with E-state index in [9.17, 15) is 21.6 Å². The van der Waals surface area contributed by atoms with Gasteiger partial charge in [-0.3, -0.25) is 0 Å². The lowest BCUT2D eigenvalue weighted by atomic mass is 10.1. The van der Waals surface area contributed by atoms with Crippen molar-refractivity contribution >= 4 is 21.0 Å². The van der Waals surface area contributed by atoms with Crippen LogP contribution in [0.5, 0.6) is 17.2 Å². The molecule has 3 aromatic rings. The number of unbranched alkanes of at least 4 members (excludes halogenated alkanes) is 1. The molecule has 0 bridgehead atoms. The van der Waals surface area contributed by atoms with Gasteiger partial charge >= 0.3 is 15.6 Å². The number of benzene rings is 2. The van der Waals surface area contributed by atoms with Crippen LogP contribution in [-0.4, -0.2) is 25.5 Å². The maximum absolute atomic E-state index is 12.6. The molecule has 1 heterocycles. The van der Waals surface area contributed by atoms with Gasteiger partial charge in [-0.15, -0.1) is 0 Å². The van der Waals surface area contributed by atoms with Crippen LogP contribution in [0.1, 0.15) is 36.6 Å².